The molecule has 1 rings (SSSR count). The minimum atomic E-state index is -0.0382. The molecule has 1 aliphatic heterocycles. The highest BCUT2D eigenvalue weighted by Crippen LogP contribution is 2.13. The van der Waals surface area contributed by atoms with Crippen LogP contribution in [-0.4, -0.2) is 12.6 Å². The average Bonchev–Trinajstić information content (AvgIpc) is 1.64. The van der Waals surface area contributed by atoms with Crippen LogP contribution in [0.25, 0.3) is 0 Å². The van der Waals surface area contributed by atoms with E-state index in [0.717, 1.165) is 6.42 Å². The Labute approximate surface area is 56.2 Å². The van der Waals surface area contributed by atoms with Gasteiger partial charge in [-0.2, -0.15) is 0 Å². The van der Waals surface area contributed by atoms with Crippen molar-refractivity contribution < 1.29 is 9.53 Å². The average molecular weight is 130 g/mol. The highest BCUT2D eigenvalue weighted by molar-refractivity contribution is 5.70. The van der Waals surface area contributed by atoms with E-state index in [0.29, 0.717) is 18.9 Å². The van der Waals surface area contributed by atoms with Crippen molar-refractivity contribution in [2.45, 2.75) is 27.2 Å². The topological polar surface area (TPSA) is 26.3 Å². The van der Waals surface area contributed by atoms with E-state index in [2.05, 4.69) is 6.92 Å². The van der Waals surface area contributed by atoms with E-state index in [-0.39, 0.29) is 13.4 Å². The van der Waals surface area contributed by atoms with Crippen LogP contribution < -0.4 is 0 Å². The van der Waals surface area contributed by atoms with Gasteiger partial charge in [0, 0.05) is 6.42 Å². The summed E-state index contributed by atoms with van der Waals surface area (Å²) in [6.07, 6.45) is 1.64. The van der Waals surface area contributed by atoms with Gasteiger partial charge in [0.2, 0.25) is 0 Å². The molecule has 2 heteroatoms. The smallest absolute Gasteiger partial charge is 0.306 e. The van der Waals surface area contributed by atoms with Crippen LogP contribution in [0.1, 0.15) is 27.2 Å². The molecule has 0 radical (unpaired) electrons. The number of cyclic esters (lactones) is 1. The maximum atomic E-state index is 10.5. The molecular weight excluding hydrogens is 116 g/mol. The molecule has 9 heavy (non-hydrogen) atoms. The first kappa shape index (κ1) is 8.47. The maximum Gasteiger partial charge on any atom is 0.306 e. The molecule has 0 spiro atoms. The van der Waals surface area contributed by atoms with Crippen molar-refractivity contribution in [3.8, 4) is 0 Å². The summed E-state index contributed by atoms with van der Waals surface area (Å²) < 4.78 is 4.71. The Kier molecular flexibility index (Phi) is 3.28. The van der Waals surface area contributed by atoms with E-state index in [1.807, 2.05) is 0 Å². The lowest BCUT2D eigenvalue weighted by atomic mass is 10.0. The van der Waals surface area contributed by atoms with Crippen molar-refractivity contribution in [1.29, 1.82) is 0 Å². The van der Waals surface area contributed by atoms with E-state index in [9.17, 15) is 4.79 Å². The maximum absolute atomic E-state index is 10.5. The lowest BCUT2D eigenvalue weighted by molar-refractivity contribution is -0.148. The molecule has 2 nitrogen and oxygen atoms in total. The van der Waals surface area contributed by atoms with Crippen molar-refractivity contribution >= 4 is 5.97 Å². The second-order valence-corrected chi connectivity index (χ2v) is 2.32. The first-order chi connectivity index (χ1) is 3.79. The Bertz CT molecular complexity index is 99.1. The van der Waals surface area contributed by atoms with Crippen molar-refractivity contribution in [3.63, 3.8) is 0 Å². The molecule has 0 bridgehead atoms. The summed E-state index contributed by atoms with van der Waals surface area (Å²) in [5.41, 5.74) is 0. The Morgan fingerprint density at radius 1 is 1.67 bits per heavy atom. The summed E-state index contributed by atoms with van der Waals surface area (Å²) in [6.45, 7) is 2.69. The molecule has 1 unspecified atom stereocenters. The van der Waals surface area contributed by atoms with E-state index < -0.39 is 0 Å². The second-order valence-electron chi connectivity index (χ2n) is 2.32. The zero-order chi connectivity index (χ0) is 5.98. The van der Waals surface area contributed by atoms with Crippen LogP contribution in [0, 0.1) is 5.92 Å². The number of carbonyl (C=O) groups excluding carboxylic acids is 1. The van der Waals surface area contributed by atoms with E-state index >= 15 is 0 Å². The molecule has 1 heterocycles. The summed E-state index contributed by atoms with van der Waals surface area (Å²) in [7, 11) is 0. The Morgan fingerprint density at radius 3 is 2.67 bits per heavy atom. The Hall–Kier alpha value is -0.530. The van der Waals surface area contributed by atoms with Crippen LogP contribution in [0.15, 0.2) is 0 Å². The molecule has 0 amide bonds. The summed E-state index contributed by atoms with van der Waals surface area (Å²) in [5, 5.41) is 0. The van der Waals surface area contributed by atoms with Gasteiger partial charge in [-0.1, -0.05) is 14.4 Å². The van der Waals surface area contributed by atoms with Crippen LogP contribution in [-0.2, 0) is 9.53 Å². The fraction of sp³-hybridized carbons (Fsp3) is 0.857. The van der Waals surface area contributed by atoms with Crippen molar-refractivity contribution in [3.05, 3.63) is 0 Å². The fourth-order valence-corrected chi connectivity index (χ4v) is 0.819. The van der Waals surface area contributed by atoms with E-state index in [4.69, 9.17) is 4.74 Å². The number of carbonyl (C=O) groups is 1. The molecule has 1 aliphatic rings. The van der Waals surface area contributed by atoms with Crippen LogP contribution in [0.5, 0.6) is 0 Å². The van der Waals surface area contributed by atoms with E-state index in [1.165, 1.54) is 0 Å². The molecular formula is C7H14O2. The predicted octanol–water partition coefficient (Wildman–Crippen LogP) is 1.60. The number of hydrogen-bond donors (Lipinski definition) is 0. The monoisotopic (exact) mass is 130 g/mol. The van der Waals surface area contributed by atoms with Crippen molar-refractivity contribution in [2.24, 2.45) is 5.92 Å². The standard InChI is InChI=1S/C6H10O2.CH4/c1-5-2-3-8-6(7)4-5;/h5H,2-4H2,1H3;1H4. The third-order valence-electron chi connectivity index (χ3n) is 1.39. The van der Waals surface area contributed by atoms with Gasteiger partial charge in [0.25, 0.3) is 0 Å². The highest BCUT2D eigenvalue weighted by atomic mass is 16.5. The number of ether oxygens (including phenoxy) is 1. The van der Waals surface area contributed by atoms with Crippen LogP contribution in [0.3, 0.4) is 0 Å². The van der Waals surface area contributed by atoms with Gasteiger partial charge in [0.05, 0.1) is 6.61 Å². The molecule has 0 aliphatic carbocycles. The second kappa shape index (κ2) is 3.49. The first-order valence-electron chi connectivity index (χ1n) is 2.94. The summed E-state index contributed by atoms with van der Waals surface area (Å²) in [4.78, 5) is 10.5. The van der Waals surface area contributed by atoms with Gasteiger partial charge in [-0.3, -0.25) is 4.79 Å². The molecule has 0 saturated carbocycles. The third kappa shape index (κ3) is 2.49. The first-order valence-corrected chi connectivity index (χ1v) is 2.94. The number of hydrogen-bond acceptors (Lipinski definition) is 2. The van der Waals surface area contributed by atoms with Crippen LogP contribution in [0.2, 0.25) is 0 Å². The minimum Gasteiger partial charge on any atom is -0.466 e. The van der Waals surface area contributed by atoms with Gasteiger partial charge in [0.1, 0.15) is 0 Å². The fourth-order valence-electron chi connectivity index (χ4n) is 0.819. The number of rotatable bonds is 0. The lowest BCUT2D eigenvalue weighted by Gasteiger charge is -2.16. The molecule has 0 aromatic heterocycles. The van der Waals surface area contributed by atoms with Gasteiger partial charge in [-0.05, 0) is 12.3 Å². The normalized spacial score (nSPS) is 26.3. The summed E-state index contributed by atoms with van der Waals surface area (Å²) >= 11 is 0. The summed E-state index contributed by atoms with van der Waals surface area (Å²) in [5.74, 6) is 0.500. The predicted molar refractivity (Wildman–Crippen MR) is 36.1 cm³/mol. The van der Waals surface area contributed by atoms with Gasteiger partial charge in [0.15, 0.2) is 0 Å². The Morgan fingerprint density at radius 2 is 2.33 bits per heavy atom. The van der Waals surface area contributed by atoms with Crippen LogP contribution >= 0.6 is 0 Å². The van der Waals surface area contributed by atoms with Gasteiger partial charge < -0.3 is 4.74 Å². The van der Waals surface area contributed by atoms with Crippen molar-refractivity contribution in [1.82, 2.24) is 0 Å². The van der Waals surface area contributed by atoms with E-state index in [1.54, 1.807) is 0 Å². The highest BCUT2D eigenvalue weighted by Gasteiger charge is 2.15. The molecule has 1 fully saturated rings. The summed E-state index contributed by atoms with van der Waals surface area (Å²) in [6, 6.07) is 0. The van der Waals surface area contributed by atoms with Gasteiger partial charge in [-0.15, -0.1) is 0 Å². The van der Waals surface area contributed by atoms with Gasteiger partial charge in [-0.25, -0.2) is 0 Å². The van der Waals surface area contributed by atoms with Crippen LogP contribution in [0.4, 0.5) is 0 Å². The largest absolute Gasteiger partial charge is 0.466 e. The molecule has 1 saturated heterocycles. The molecule has 1 atom stereocenters. The molecule has 0 aromatic carbocycles. The van der Waals surface area contributed by atoms with Gasteiger partial charge >= 0.3 is 5.97 Å². The molecule has 0 N–H and O–H groups in total. The Balaban J connectivity index is 0.000000640. The molecule has 54 valence electrons. The lowest BCUT2D eigenvalue weighted by Crippen LogP contribution is -2.18. The zero-order valence-corrected chi connectivity index (χ0v) is 5.02. The third-order valence-corrected chi connectivity index (χ3v) is 1.39. The minimum absolute atomic E-state index is 0. The SMILES string of the molecule is C.CC1CCOC(=O)C1. The zero-order valence-electron chi connectivity index (χ0n) is 5.02. The molecule has 0 aromatic rings. The number of esters is 1. The van der Waals surface area contributed by atoms with Crippen molar-refractivity contribution in [2.75, 3.05) is 6.61 Å². The quantitative estimate of drug-likeness (QED) is 0.465.